The highest BCUT2D eigenvalue weighted by atomic mass is 35.5. The molecule has 0 fully saturated rings. The van der Waals surface area contributed by atoms with Crippen LogP contribution in [0.15, 0.2) is 58.1 Å². The van der Waals surface area contributed by atoms with Crippen LogP contribution in [0.3, 0.4) is 0 Å². The second-order valence-corrected chi connectivity index (χ2v) is 6.24. The molecular formula is C18H9ClF3N3O2. The normalized spacial score (nSPS) is 12.0. The summed E-state index contributed by atoms with van der Waals surface area (Å²) >= 11 is 5.89. The molecule has 4 rings (SSSR count). The van der Waals surface area contributed by atoms with Crippen LogP contribution >= 0.6 is 11.6 Å². The van der Waals surface area contributed by atoms with E-state index in [2.05, 4.69) is 4.98 Å². The van der Waals surface area contributed by atoms with Crippen molar-refractivity contribution in [2.45, 2.75) is 6.18 Å². The van der Waals surface area contributed by atoms with Gasteiger partial charge in [0.15, 0.2) is 5.82 Å². The van der Waals surface area contributed by atoms with Crippen LogP contribution in [0.25, 0.3) is 28.0 Å². The quantitative estimate of drug-likeness (QED) is 0.501. The summed E-state index contributed by atoms with van der Waals surface area (Å²) in [6.45, 7) is 0. The number of fused-ring (bicyclic) bond motifs is 2. The Morgan fingerprint density at radius 3 is 2.41 bits per heavy atom. The van der Waals surface area contributed by atoms with E-state index in [0.717, 1.165) is 12.1 Å². The minimum Gasteiger partial charge on any atom is -0.294 e. The number of benzene rings is 2. The molecule has 5 nitrogen and oxygen atoms in total. The monoisotopic (exact) mass is 391 g/mol. The molecule has 0 radical (unpaired) electrons. The summed E-state index contributed by atoms with van der Waals surface area (Å²) in [6.07, 6.45) is -4.62. The fourth-order valence-electron chi connectivity index (χ4n) is 3.01. The van der Waals surface area contributed by atoms with Gasteiger partial charge in [-0.25, -0.2) is 4.79 Å². The van der Waals surface area contributed by atoms with Crippen LogP contribution in [0.5, 0.6) is 0 Å². The van der Waals surface area contributed by atoms with Gasteiger partial charge < -0.3 is 0 Å². The zero-order valence-corrected chi connectivity index (χ0v) is 14.1. The van der Waals surface area contributed by atoms with E-state index in [1.54, 1.807) is 24.3 Å². The van der Waals surface area contributed by atoms with Crippen LogP contribution in [-0.4, -0.2) is 14.5 Å². The fourth-order valence-corrected chi connectivity index (χ4v) is 3.13. The molecule has 0 aromatic heterocycles. The van der Waals surface area contributed by atoms with Crippen molar-refractivity contribution in [2.75, 3.05) is 0 Å². The Hall–Kier alpha value is -3.13. The first kappa shape index (κ1) is 17.3. The molecule has 0 amide bonds. The molecule has 2 aromatic rings. The minimum atomic E-state index is -4.62. The van der Waals surface area contributed by atoms with Crippen molar-refractivity contribution in [3.05, 3.63) is 80.0 Å². The van der Waals surface area contributed by atoms with Gasteiger partial charge in [0.25, 0.3) is 5.56 Å². The van der Waals surface area contributed by atoms with Crippen LogP contribution in [-0.2, 0) is 6.18 Å². The fraction of sp³-hybridized carbons (Fsp3) is 0.0556. The third kappa shape index (κ3) is 2.87. The highest BCUT2D eigenvalue weighted by molar-refractivity contribution is 6.30. The molecule has 1 N–H and O–H groups in total. The maximum absolute atomic E-state index is 13.5. The molecular weight excluding hydrogens is 383 g/mol. The molecule has 9 heteroatoms. The summed E-state index contributed by atoms with van der Waals surface area (Å²) in [5, 5.41) is 0.244. The van der Waals surface area contributed by atoms with E-state index in [9.17, 15) is 22.8 Å². The molecule has 0 saturated carbocycles. The van der Waals surface area contributed by atoms with E-state index >= 15 is 0 Å². The van der Waals surface area contributed by atoms with E-state index < -0.39 is 23.0 Å². The molecule has 0 unspecified atom stereocenters. The predicted molar refractivity (Wildman–Crippen MR) is 94.6 cm³/mol. The van der Waals surface area contributed by atoms with Gasteiger partial charge >= 0.3 is 11.9 Å². The minimum absolute atomic E-state index is 0.0436. The van der Waals surface area contributed by atoms with Crippen molar-refractivity contribution in [2.24, 2.45) is 0 Å². The summed E-state index contributed by atoms with van der Waals surface area (Å²) in [4.78, 5) is 29.8. The van der Waals surface area contributed by atoms with E-state index in [4.69, 9.17) is 11.6 Å². The largest absolute Gasteiger partial charge is 0.417 e. The number of pyridine rings is 1. The number of halogens is 4. The summed E-state index contributed by atoms with van der Waals surface area (Å²) in [6, 6.07) is 11.0. The van der Waals surface area contributed by atoms with Crippen molar-refractivity contribution in [1.29, 1.82) is 0 Å². The molecule has 0 aliphatic carbocycles. The highest BCUT2D eigenvalue weighted by Gasteiger charge is 2.33. The number of alkyl halides is 3. The maximum atomic E-state index is 13.5. The van der Waals surface area contributed by atoms with Gasteiger partial charge in [0.05, 0.1) is 16.6 Å². The Labute approximate surface area is 154 Å². The van der Waals surface area contributed by atoms with E-state index in [1.165, 1.54) is 16.7 Å². The Kier molecular flexibility index (Phi) is 3.81. The number of H-pyrrole nitrogens is 1. The lowest BCUT2D eigenvalue weighted by Gasteiger charge is -2.20. The topological polar surface area (TPSA) is 67.8 Å². The number of aromatic amines is 1. The zero-order valence-electron chi connectivity index (χ0n) is 13.3. The molecule has 0 spiro atoms. The molecule has 0 saturated heterocycles. The smallest absolute Gasteiger partial charge is 0.294 e. The maximum Gasteiger partial charge on any atom is 0.417 e. The van der Waals surface area contributed by atoms with Crippen LogP contribution in [0.1, 0.15) is 5.56 Å². The summed E-state index contributed by atoms with van der Waals surface area (Å²) in [5.41, 5.74) is -2.17. The van der Waals surface area contributed by atoms with Crippen LogP contribution in [0.4, 0.5) is 13.2 Å². The van der Waals surface area contributed by atoms with Gasteiger partial charge in [-0.05, 0) is 42.5 Å². The average Bonchev–Trinajstić information content (AvgIpc) is 2.60. The lowest BCUT2D eigenvalue weighted by atomic mass is 10.0. The third-order valence-corrected chi connectivity index (χ3v) is 4.38. The van der Waals surface area contributed by atoms with Gasteiger partial charge in [0.2, 0.25) is 0 Å². The number of rotatable bonds is 1. The number of hydrogen-bond acceptors (Lipinski definition) is 3. The third-order valence-electron chi connectivity index (χ3n) is 4.13. The first-order chi connectivity index (χ1) is 12.8. The summed E-state index contributed by atoms with van der Waals surface area (Å²) in [5.74, 6) is -0.0436. The van der Waals surface area contributed by atoms with Crippen molar-refractivity contribution in [3.8, 4) is 17.1 Å². The second-order valence-electron chi connectivity index (χ2n) is 5.80. The number of aromatic nitrogens is 3. The van der Waals surface area contributed by atoms with E-state index in [-0.39, 0.29) is 22.3 Å². The lowest BCUT2D eigenvalue weighted by molar-refractivity contribution is -0.136. The highest BCUT2D eigenvalue weighted by Crippen LogP contribution is 2.37. The molecule has 2 aliphatic heterocycles. The summed E-state index contributed by atoms with van der Waals surface area (Å²) < 4.78 is 41.8. The number of hydrogen-bond donors (Lipinski definition) is 1. The van der Waals surface area contributed by atoms with E-state index in [1.807, 2.05) is 4.98 Å². The first-order valence-corrected chi connectivity index (χ1v) is 8.05. The van der Waals surface area contributed by atoms with Gasteiger partial charge in [-0.1, -0.05) is 17.7 Å². The molecule has 0 atom stereocenters. The van der Waals surface area contributed by atoms with Crippen LogP contribution in [0, 0.1) is 0 Å². The molecule has 0 bridgehead atoms. The van der Waals surface area contributed by atoms with Crippen LogP contribution in [0.2, 0.25) is 5.02 Å². The SMILES string of the molecule is O=c1nc2n(-c3ccc(Cl)cc3)c3cccc(C(F)(F)F)c3cc-2c(=O)[nH]1. The second kappa shape index (κ2) is 5.95. The van der Waals surface area contributed by atoms with Gasteiger partial charge in [0, 0.05) is 16.1 Å². The van der Waals surface area contributed by atoms with Gasteiger partial charge in [-0.2, -0.15) is 18.2 Å². The van der Waals surface area contributed by atoms with Crippen molar-refractivity contribution in [3.63, 3.8) is 0 Å². The predicted octanol–water partition coefficient (Wildman–Crippen LogP) is 3.85. The first-order valence-electron chi connectivity index (χ1n) is 7.67. The molecule has 2 aliphatic rings. The summed E-state index contributed by atoms with van der Waals surface area (Å²) in [7, 11) is 0. The Balaban J connectivity index is 2.26. The van der Waals surface area contributed by atoms with Gasteiger partial charge in [0.1, 0.15) is 0 Å². The lowest BCUT2D eigenvalue weighted by Crippen LogP contribution is -2.27. The van der Waals surface area contributed by atoms with E-state index in [0.29, 0.717) is 10.7 Å². The standard InChI is InChI=1S/C18H9ClF3N3O2/c19-9-4-6-10(7-5-9)25-14-3-1-2-13(18(20,21)22)11(14)8-12-15(25)23-17(27)24-16(12)26/h1-8H,(H,24,26,27). The molecule has 136 valence electrons. The molecule has 27 heavy (non-hydrogen) atoms. The van der Waals surface area contributed by atoms with Crippen LogP contribution < -0.4 is 11.2 Å². The Morgan fingerprint density at radius 2 is 1.74 bits per heavy atom. The molecule has 2 aromatic carbocycles. The number of nitrogens with zero attached hydrogens (tertiary/aromatic N) is 2. The van der Waals surface area contributed by atoms with Crippen molar-refractivity contribution < 1.29 is 13.2 Å². The van der Waals surface area contributed by atoms with Gasteiger partial charge in [-0.15, -0.1) is 0 Å². The Morgan fingerprint density at radius 1 is 1.04 bits per heavy atom. The van der Waals surface area contributed by atoms with Crippen molar-refractivity contribution >= 4 is 22.5 Å². The van der Waals surface area contributed by atoms with Gasteiger partial charge in [-0.3, -0.25) is 14.3 Å². The van der Waals surface area contributed by atoms with Crippen molar-refractivity contribution in [1.82, 2.24) is 14.5 Å². The average molecular weight is 392 g/mol. The molecule has 2 heterocycles. The zero-order chi connectivity index (χ0) is 19.3. The Bertz CT molecular complexity index is 1260. The number of nitrogens with one attached hydrogen (secondary N) is 1.